The Morgan fingerprint density at radius 2 is 1.46 bits per heavy atom. The van der Waals surface area contributed by atoms with Crippen LogP contribution in [0.3, 0.4) is 0 Å². The number of ether oxygens (including phenoxy) is 4. The summed E-state index contributed by atoms with van der Waals surface area (Å²) in [5.41, 5.74) is 1.80. The van der Waals surface area contributed by atoms with Crippen LogP contribution in [0, 0.1) is 11.3 Å². The Hall–Kier alpha value is -2.89. The van der Waals surface area contributed by atoms with Crippen molar-refractivity contribution in [1.82, 2.24) is 4.67 Å². The lowest BCUT2D eigenvalue weighted by Crippen LogP contribution is -2.39. The summed E-state index contributed by atoms with van der Waals surface area (Å²) < 4.78 is 39.8. The number of hydrogen-bond acceptors (Lipinski definition) is 8. The van der Waals surface area contributed by atoms with Crippen LogP contribution in [0.5, 0.6) is 11.5 Å². The first-order valence-corrected chi connectivity index (χ1v) is 16.8. The van der Waals surface area contributed by atoms with Gasteiger partial charge in [-0.2, -0.15) is 5.26 Å². The quantitative estimate of drug-likeness (QED) is 0.0709. The maximum absolute atomic E-state index is 9.17. The normalized spacial score (nSPS) is 18.9. The average molecular weight is 641 g/mol. The molecule has 0 spiro atoms. The molecule has 1 aliphatic rings. The Bertz CT molecular complexity index is 1320. The van der Waals surface area contributed by atoms with Gasteiger partial charge < -0.3 is 28.0 Å². The van der Waals surface area contributed by atoms with E-state index in [-0.39, 0.29) is 43.8 Å². The van der Waals surface area contributed by atoms with Crippen LogP contribution in [0.2, 0.25) is 0 Å². The Kier molecular flexibility index (Phi) is 13.5. The lowest BCUT2D eigenvalue weighted by molar-refractivity contribution is -0.0715. The molecule has 4 rings (SSSR count). The summed E-state index contributed by atoms with van der Waals surface area (Å²) in [6, 6.07) is 28.2. The highest BCUT2D eigenvalue weighted by molar-refractivity contribution is 7.44. The standard InChI is InChI=1S/C35H44B2N2O6P/c1-25(2)39(26(3)4)46(43-22-10-21-38)45-32-23-34(37-36)44-33(32)24-42-35(27-11-8-7-9-12-27,28-13-17-30(40-5)18-14-28)29-15-19-31(41-6)20-16-29/h7-9,11-20,25-26,32-34H,10,22-24H2,1-6H3/t32?,33-,34-,46?/m1/s1. The lowest BCUT2D eigenvalue weighted by Gasteiger charge is -2.39. The molecule has 0 aromatic heterocycles. The van der Waals surface area contributed by atoms with E-state index >= 15 is 0 Å². The fourth-order valence-electron chi connectivity index (χ4n) is 5.82. The van der Waals surface area contributed by atoms with Crippen LogP contribution >= 0.6 is 8.53 Å². The third-order valence-electron chi connectivity index (χ3n) is 7.97. The molecule has 0 N–H and O–H groups in total. The Morgan fingerprint density at radius 1 is 0.913 bits per heavy atom. The summed E-state index contributed by atoms with van der Waals surface area (Å²) >= 11 is 0. The second-order valence-electron chi connectivity index (χ2n) is 11.6. The van der Waals surface area contributed by atoms with E-state index < -0.39 is 20.2 Å². The van der Waals surface area contributed by atoms with E-state index in [1.54, 1.807) is 21.4 Å². The van der Waals surface area contributed by atoms with E-state index in [0.29, 0.717) is 6.42 Å². The topological polar surface area (TPSA) is 82.4 Å². The highest BCUT2D eigenvalue weighted by atomic mass is 31.2. The Balaban J connectivity index is 1.74. The van der Waals surface area contributed by atoms with Crippen molar-refractivity contribution >= 4 is 23.4 Å². The van der Waals surface area contributed by atoms with Crippen LogP contribution in [0.4, 0.5) is 0 Å². The molecule has 0 aliphatic carbocycles. The molecule has 3 aromatic rings. The minimum atomic E-state index is -1.49. The molecular weight excluding hydrogens is 597 g/mol. The van der Waals surface area contributed by atoms with Gasteiger partial charge in [0.25, 0.3) is 8.53 Å². The molecular formula is C35H44B2N2O6P. The minimum absolute atomic E-state index is 0.165. The van der Waals surface area contributed by atoms with Gasteiger partial charge in [0.05, 0.1) is 53.2 Å². The van der Waals surface area contributed by atoms with E-state index in [4.69, 9.17) is 41.0 Å². The SMILES string of the molecule is [B][B][C@H]1CC(OP(OCCC#N)N(C(C)C)C(C)C)[C@@H](COC(c2ccccc2)(c2ccc(OC)cc2)c2ccc(OC)cc2)O1. The van der Waals surface area contributed by atoms with Gasteiger partial charge in [-0.05, 0) is 75.1 Å². The molecule has 1 saturated heterocycles. The Labute approximate surface area is 277 Å². The molecule has 241 valence electrons. The molecule has 0 saturated carbocycles. The highest BCUT2D eigenvalue weighted by Gasteiger charge is 2.43. The van der Waals surface area contributed by atoms with Crippen molar-refractivity contribution in [2.45, 2.75) is 76.4 Å². The molecule has 1 aliphatic heterocycles. The van der Waals surface area contributed by atoms with Gasteiger partial charge in [-0.15, -0.1) is 0 Å². The molecule has 2 unspecified atom stereocenters. The molecule has 8 nitrogen and oxygen atoms in total. The van der Waals surface area contributed by atoms with Crippen LogP contribution in [-0.2, 0) is 24.1 Å². The van der Waals surface area contributed by atoms with Crippen molar-refractivity contribution in [2.75, 3.05) is 27.4 Å². The van der Waals surface area contributed by atoms with E-state index in [0.717, 1.165) is 28.2 Å². The van der Waals surface area contributed by atoms with Crippen LogP contribution < -0.4 is 9.47 Å². The summed E-state index contributed by atoms with van der Waals surface area (Å²) in [7, 11) is 9.39. The van der Waals surface area contributed by atoms with Crippen LogP contribution in [-0.4, -0.2) is 77.3 Å². The molecule has 3 radical (unpaired) electrons. The fraction of sp³-hybridized carbons (Fsp3) is 0.457. The third-order valence-corrected chi connectivity index (χ3v) is 10.1. The molecule has 1 heterocycles. The van der Waals surface area contributed by atoms with E-state index in [9.17, 15) is 0 Å². The van der Waals surface area contributed by atoms with E-state index in [2.05, 4.69) is 50.6 Å². The van der Waals surface area contributed by atoms with Gasteiger partial charge in [0.15, 0.2) is 0 Å². The Morgan fingerprint density at radius 3 is 1.93 bits per heavy atom. The third kappa shape index (κ3) is 8.52. The maximum atomic E-state index is 9.17. The lowest BCUT2D eigenvalue weighted by atomic mass is 9.51. The molecule has 3 aromatic carbocycles. The first-order chi connectivity index (χ1) is 22.3. The van der Waals surface area contributed by atoms with Gasteiger partial charge in [0, 0.05) is 25.8 Å². The van der Waals surface area contributed by atoms with Crippen molar-refractivity contribution in [1.29, 1.82) is 5.26 Å². The highest BCUT2D eigenvalue weighted by Crippen LogP contribution is 2.50. The van der Waals surface area contributed by atoms with Crippen molar-refractivity contribution in [3.8, 4) is 17.6 Å². The monoisotopic (exact) mass is 641 g/mol. The fourth-order valence-corrected chi connectivity index (χ4v) is 7.58. The van der Waals surface area contributed by atoms with E-state index in [1.165, 1.54) is 0 Å². The van der Waals surface area contributed by atoms with Gasteiger partial charge in [-0.1, -0.05) is 54.6 Å². The number of rotatable bonds is 17. The number of methoxy groups -OCH3 is 2. The molecule has 1 fully saturated rings. The zero-order valence-corrected chi connectivity index (χ0v) is 28.6. The van der Waals surface area contributed by atoms with Crippen LogP contribution in [0.1, 0.15) is 57.2 Å². The molecule has 46 heavy (non-hydrogen) atoms. The van der Waals surface area contributed by atoms with Crippen LogP contribution in [0.15, 0.2) is 78.9 Å². The van der Waals surface area contributed by atoms with Gasteiger partial charge in [-0.25, -0.2) is 4.67 Å². The number of nitrogens with zero attached hydrogens (tertiary/aromatic N) is 2. The summed E-state index contributed by atoms with van der Waals surface area (Å²) in [5, 5.41) is 9.17. The predicted octanol–water partition coefficient (Wildman–Crippen LogP) is 6.58. The van der Waals surface area contributed by atoms with Gasteiger partial charge in [0.1, 0.15) is 23.2 Å². The predicted molar refractivity (Wildman–Crippen MR) is 183 cm³/mol. The number of nitriles is 1. The van der Waals surface area contributed by atoms with E-state index in [1.807, 2.05) is 66.7 Å². The van der Waals surface area contributed by atoms with Crippen LogP contribution in [0.25, 0.3) is 0 Å². The molecule has 11 heteroatoms. The van der Waals surface area contributed by atoms with Crippen molar-refractivity contribution in [3.05, 3.63) is 95.6 Å². The zero-order valence-electron chi connectivity index (χ0n) is 27.7. The number of benzene rings is 3. The first-order valence-electron chi connectivity index (χ1n) is 15.7. The van der Waals surface area contributed by atoms with Gasteiger partial charge in [0.2, 0.25) is 0 Å². The molecule has 4 atom stereocenters. The average Bonchev–Trinajstić information content (AvgIpc) is 3.47. The van der Waals surface area contributed by atoms with Gasteiger partial charge in [-0.3, -0.25) is 0 Å². The smallest absolute Gasteiger partial charge is 0.259 e. The summed E-state index contributed by atoms with van der Waals surface area (Å²) in [6.07, 6.45) is 0.0225. The zero-order chi connectivity index (χ0) is 33.1. The summed E-state index contributed by atoms with van der Waals surface area (Å²) in [4.78, 5) is 0. The summed E-state index contributed by atoms with van der Waals surface area (Å²) in [5.74, 6) is 1.50. The second-order valence-corrected chi connectivity index (χ2v) is 13.1. The minimum Gasteiger partial charge on any atom is -0.497 e. The molecule has 0 bridgehead atoms. The van der Waals surface area contributed by atoms with Crippen molar-refractivity contribution < 1.29 is 28.0 Å². The number of hydrogen-bond donors (Lipinski definition) is 0. The molecule has 0 amide bonds. The largest absolute Gasteiger partial charge is 0.497 e. The van der Waals surface area contributed by atoms with Crippen molar-refractivity contribution in [3.63, 3.8) is 0 Å². The van der Waals surface area contributed by atoms with Crippen molar-refractivity contribution in [2.24, 2.45) is 0 Å². The maximum Gasteiger partial charge on any atom is 0.259 e. The van der Waals surface area contributed by atoms with Gasteiger partial charge >= 0.3 is 0 Å². The second kappa shape index (κ2) is 17.3. The first kappa shape index (κ1) is 36.0. The summed E-state index contributed by atoms with van der Waals surface area (Å²) in [6.45, 7) is 8.95.